The van der Waals surface area contributed by atoms with Crippen molar-refractivity contribution in [1.82, 2.24) is 0 Å². The van der Waals surface area contributed by atoms with Crippen molar-refractivity contribution < 1.29 is 4.39 Å². The van der Waals surface area contributed by atoms with E-state index < -0.39 is 0 Å². The zero-order valence-corrected chi connectivity index (χ0v) is 13.6. The Balaban J connectivity index is 1.90. The predicted molar refractivity (Wildman–Crippen MR) is 89.6 cm³/mol. The first-order valence-corrected chi connectivity index (χ1v) is 8.85. The lowest BCUT2D eigenvalue weighted by Crippen LogP contribution is -2.20. The van der Waals surface area contributed by atoms with Crippen molar-refractivity contribution in [2.24, 2.45) is 0 Å². The first-order valence-electron chi connectivity index (χ1n) is 8.47. The predicted octanol–water partition coefficient (Wildman–Crippen LogP) is 6.56. The zero-order valence-electron chi connectivity index (χ0n) is 12.8. The van der Waals surface area contributed by atoms with Crippen molar-refractivity contribution in [3.8, 4) is 0 Å². The van der Waals surface area contributed by atoms with Gasteiger partial charge in [0.05, 0.1) is 10.7 Å². The molecule has 2 rings (SSSR count). The fourth-order valence-electron chi connectivity index (χ4n) is 3.13. The second kappa shape index (κ2) is 9.30. The minimum atomic E-state index is -0.274. The molecule has 0 unspecified atom stereocenters. The third-order valence-corrected chi connectivity index (χ3v) is 4.71. The van der Waals surface area contributed by atoms with Crippen LogP contribution in [0.2, 0.25) is 5.02 Å². The van der Waals surface area contributed by atoms with Crippen LogP contribution in [0.4, 0.5) is 10.1 Å². The van der Waals surface area contributed by atoms with Gasteiger partial charge in [0.15, 0.2) is 0 Å². The second-order valence-electron chi connectivity index (χ2n) is 6.22. The van der Waals surface area contributed by atoms with Gasteiger partial charge in [0.25, 0.3) is 0 Å². The molecule has 1 fully saturated rings. The van der Waals surface area contributed by atoms with Gasteiger partial charge in [0, 0.05) is 6.04 Å². The lowest BCUT2D eigenvalue weighted by Gasteiger charge is -2.21. The second-order valence-corrected chi connectivity index (χ2v) is 6.63. The third kappa shape index (κ3) is 6.25. The Bertz CT molecular complexity index is 410. The highest BCUT2D eigenvalue weighted by Crippen LogP contribution is 2.26. The maximum atomic E-state index is 13.1. The summed E-state index contributed by atoms with van der Waals surface area (Å²) in [7, 11) is 0. The highest BCUT2D eigenvalue weighted by atomic mass is 35.5. The molecule has 1 aromatic rings. The van der Waals surface area contributed by atoms with Crippen LogP contribution in [0.15, 0.2) is 18.2 Å². The van der Waals surface area contributed by atoms with E-state index >= 15 is 0 Å². The Morgan fingerprint density at radius 2 is 1.38 bits per heavy atom. The molecule has 21 heavy (non-hydrogen) atoms. The van der Waals surface area contributed by atoms with E-state index in [1.807, 2.05) is 0 Å². The van der Waals surface area contributed by atoms with E-state index in [1.54, 1.807) is 6.07 Å². The topological polar surface area (TPSA) is 12.0 Å². The summed E-state index contributed by atoms with van der Waals surface area (Å²) in [6.45, 7) is 0. The van der Waals surface area contributed by atoms with Crippen molar-refractivity contribution in [3.63, 3.8) is 0 Å². The number of nitrogens with one attached hydrogen (secondary N) is 1. The molecule has 0 bridgehead atoms. The number of hydrogen-bond donors (Lipinski definition) is 1. The molecule has 1 nitrogen and oxygen atoms in total. The monoisotopic (exact) mass is 311 g/mol. The molecule has 0 aromatic heterocycles. The van der Waals surface area contributed by atoms with E-state index in [1.165, 1.54) is 82.8 Å². The van der Waals surface area contributed by atoms with Gasteiger partial charge < -0.3 is 5.32 Å². The lowest BCUT2D eigenvalue weighted by molar-refractivity contribution is 0.480. The van der Waals surface area contributed by atoms with E-state index in [4.69, 9.17) is 11.6 Å². The average Bonchev–Trinajstić information content (AvgIpc) is 2.44. The van der Waals surface area contributed by atoms with Crippen molar-refractivity contribution in [2.75, 3.05) is 5.32 Å². The van der Waals surface area contributed by atoms with Gasteiger partial charge in [-0.15, -0.1) is 0 Å². The Hall–Kier alpha value is -0.760. The van der Waals surface area contributed by atoms with Gasteiger partial charge in [-0.05, 0) is 31.0 Å². The van der Waals surface area contributed by atoms with Crippen LogP contribution in [0.1, 0.15) is 70.6 Å². The van der Waals surface area contributed by atoms with Gasteiger partial charge in [0.2, 0.25) is 0 Å². The Kier molecular flexibility index (Phi) is 7.35. The van der Waals surface area contributed by atoms with E-state index in [2.05, 4.69) is 5.32 Å². The molecule has 0 saturated heterocycles. The summed E-state index contributed by atoms with van der Waals surface area (Å²) in [5, 5.41) is 4.02. The SMILES string of the molecule is Fc1ccc(NC2CCCCCCCCCCC2)c(Cl)c1. The van der Waals surface area contributed by atoms with Crippen LogP contribution in [0.25, 0.3) is 0 Å². The molecule has 0 spiro atoms. The summed E-state index contributed by atoms with van der Waals surface area (Å²) in [4.78, 5) is 0. The van der Waals surface area contributed by atoms with Gasteiger partial charge in [-0.3, -0.25) is 0 Å². The average molecular weight is 312 g/mol. The normalized spacial score (nSPS) is 19.5. The molecule has 0 atom stereocenters. The van der Waals surface area contributed by atoms with E-state index in [0.717, 1.165) is 5.69 Å². The summed E-state index contributed by atoms with van der Waals surface area (Å²) in [6.07, 6.45) is 14.5. The number of halogens is 2. The number of benzene rings is 1. The minimum Gasteiger partial charge on any atom is -0.381 e. The molecule has 3 heteroatoms. The molecule has 118 valence electrons. The Morgan fingerprint density at radius 1 is 0.857 bits per heavy atom. The molecular formula is C18H27ClFN. The van der Waals surface area contributed by atoms with Crippen LogP contribution >= 0.6 is 11.6 Å². The van der Waals surface area contributed by atoms with Gasteiger partial charge >= 0.3 is 0 Å². The van der Waals surface area contributed by atoms with Gasteiger partial charge in [-0.25, -0.2) is 4.39 Å². The van der Waals surface area contributed by atoms with E-state index in [9.17, 15) is 4.39 Å². The molecule has 1 aliphatic carbocycles. The highest BCUT2D eigenvalue weighted by Gasteiger charge is 2.11. The molecule has 0 aliphatic heterocycles. The standard InChI is InChI=1S/C18H27ClFN/c19-17-14-15(20)12-13-18(17)21-16-10-8-6-4-2-1-3-5-7-9-11-16/h12-14,16,21H,1-11H2. The van der Waals surface area contributed by atoms with Crippen LogP contribution in [-0.4, -0.2) is 6.04 Å². The summed E-state index contributed by atoms with van der Waals surface area (Å²) < 4.78 is 13.1. The van der Waals surface area contributed by atoms with Crippen LogP contribution in [0.5, 0.6) is 0 Å². The van der Waals surface area contributed by atoms with Crippen molar-refractivity contribution in [1.29, 1.82) is 0 Å². The molecule has 0 amide bonds. The summed E-state index contributed by atoms with van der Waals surface area (Å²) >= 11 is 6.13. The number of anilines is 1. The fourth-order valence-corrected chi connectivity index (χ4v) is 3.36. The summed E-state index contributed by atoms with van der Waals surface area (Å²) in [6, 6.07) is 5.09. The van der Waals surface area contributed by atoms with E-state index in [0.29, 0.717) is 11.1 Å². The van der Waals surface area contributed by atoms with Crippen LogP contribution in [-0.2, 0) is 0 Å². The maximum Gasteiger partial charge on any atom is 0.124 e. The summed E-state index contributed by atoms with van der Waals surface area (Å²) in [5.41, 5.74) is 0.871. The van der Waals surface area contributed by atoms with Crippen LogP contribution < -0.4 is 5.32 Å². The largest absolute Gasteiger partial charge is 0.381 e. The van der Waals surface area contributed by atoms with Crippen molar-refractivity contribution in [3.05, 3.63) is 29.0 Å². The third-order valence-electron chi connectivity index (χ3n) is 4.40. The molecule has 0 radical (unpaired) electrons. The van der Waals surface area contributed by atoms with Gasteiger partial charge in [0.1, 0.15) is 5.82 Å². The smallest absolute Gasteiger partial charge is 0.124 e. The quantitative estimate of drug-likeness (QED) is 0.651. The number of hydrogen-bond acceptors (Lipinski definition) is 1. The minimum absolute atomic E-state index is 0.274. The Labute approximate surface area is 133 Å². The summed E-state index contributed by atoms with van der Waals surface area (Å²) in [5.74, 6) is -0.274. The maximum absolute atomic E-state index is 13.1. The molecule has 1 aromatic carbocycles. The van der Waals surface area contributed by atoms with Gasteiger partial charge in [-0.2, -0.15) is 0 Å². The lowest BCUT2D eigenvalue weighted by atomic mass is 9.98. The molecule has 1 aliphatic rings. The first kappa shape index (κ1) is 16.6. The van der Waals surface area contributed by atoms with E-state index in [-0.39, 0.29) is 5.82 Å². The fraction of sp³-hybridized carbons (Fsp3) is 0.667. The molecule has 0 heterocycles. The van der Waals surface area contributed by atoms with Gasteiger partial charge in [-0.1, -0.05) is 69.4 Å². The molecule has 1 saturated carbocycles. The molecular weight excluding hydrogens is 285 g/mol. The van der Waals surface area contributed by atoms with Crippen molar-refractivity contribution in [2.45, 2.75) is 76.7 Å². The highest BCUT2D eigenvalue weighted by molar-refractivity contribution is 6.33. The number of rotatable bonds is 2. The van der Waals surface area contributed by atoms with Crippen LogP contribution in [0.3, 0.4) is 0 Å². The van der Waals surface area contributed by atoms with Crippen LogP contribution in [0, 0.1) is 5.82 Å². The molecule has 1 N–H and O–H groups in total. The Morgan fingerprint density at radius 3 is 1.90 bits per heavy atom. The first-order chi connectivity index (χ1) is 10.3. The zero-order chi connectivity index (χ0) is 14.9. The van der Waals surface area contributed by atoms with Crippen molar-refractivity contribution >= 4 is 17.3 Å².